The van der Waals surface area contributed by atoms with Gasteiger partial charge in [-0.25, -0.2) is 9.78 Å². The molecule has 9 nitrogen and oxygen atoms in total. The number of carbonyl (C=O) groups excluding carboxylic acids is 3. The van der Waals surface area contributed by atoms with Crippen LogP contribution in [0.3, 0.4) is 0 Å². The van der Waals surface area contributed by atoms with Crippen LogP contribution in [0.25, 0.3) is 0 Å². The van der Waals surface area contributed by atoms with E-state index in [9.17, 15) is 14.4 Å². The lowest BCUT2D eigenvalue weighted by atomic mass is 10.0. The molecule has 9 heteroatoms. The van der Waals surface area contributed by atoms with Gasteiger partial charge in [0, 0.05) is 25.7 Å². The van der Waals surface area contributed by atoms with Crippen LogP contribution in [0.5, 0.6) is 0 Å². The second-order valence-electron chi connectivity index (χ2n) is 10.3. The number of rotatable bonds is 13. The smallest absolute Gasteiger partial charge is 0.408 e. The average Bonchev–Trinajstić information content (AvgIpc) is 3.53. The number of imidazole rings is 1. The molecule has 0 fully saturated rings. The van der Waals surface area contributed by atoms with Crippen molar-refractivity contribution in [3.8, 4) is 0 Å². The van der Waals surface area contributed by atoms with Crippen LogP contribution in [-0.4, -0.2) is 51.9 Å². The van der Waals surface area contributed by atoms with Crippen LogP contribution >= 0.6 is 0 Å². The Hall–Kier alpha value is -4.92. The second kappa shape index (κ2) is 15.2. The van der Waals surface area contributed by atoms with E-state index in [1.54, 1.807) is 6.20 Å². The van der Waals surface area contributed by atoms with Gasteiger partial charge in [-0.1, -0.05) is 97.4 Å². The van der Waals surface area contributed by atoms with Crippen molar-refractivity contribution in [3.63, 3.8) is 0 Å². The monoisotopic (exact) mass is 567 g/mol. The molecule has 1 heterocycles. The van der Waals surface area contributed by atoms with Gasteiger partial charge in [0.1, 0.15) is 12.6 Å². The minimum absolute atomic E-state index is 0.0606. The van der Waals surface area contributed by atoms with E-state index in [0.29, 0.717) is 12.2 Å². The Kier molecular flexibility index (Phi) is 10.9. The Morgan fingerprint density at radius 3 is 2.29 bits per heavy atom. The molecule has 1 aromatic heterocycles. The number of carbonyl (C=O) groups is 3. The molecule has 0 radical (unpaired) electrons. The predicted molar refractivity (Wildman–Crippen MR) is 160 cm³/mol. The van der Waals surface area contributed by atoms with Crippen LogP contribution in [0, 0.1) is 6.92 Å². The maximum atomic E-state index is 14.0. The molecule has 3 aromatic carbocycles. The van der Waals surface area contributed by atoms with Crippen molar-refractivity contribution in [2.75, 3.05) is 13.1 Å². The Labute approximate surface area is 246 Å². The fraction of sp³-hybridized carbons (Fsp3) is 0.273. The number of hydrogen-bond donors (Lipinski definition) is 3. The fourth-order valence-corrected chi connectivity index (χ4v) is 4.46. The predicted octanol–water partition coefficient (Wildman–Crippen LogP) is 4.50. The van der Waals surface area contributed by atoms with Gasteiger partial charge < -0.3 is 25.3 Å². The highest BCUT2D eigenvalue weighted by atomic mass is 16.5. The standard InChI is InChI=1S/C33H37N5O4/c1-24-13-15-26(16-14-24)20-38(21-31(39)35-18-25(2)28-11-7-4-8-12-28)32(40)30(17-29-19-34-23-36-29)37-33(41)42-22-27-9-5-3-6-10-27/h3-16,19,23,25,30H,17-18,20-22H2,1-2H3,(H,34,36)(H,35,39)(H,37,41). The number of amides is 3. The fourth-order valence-electron chi connectivity index (χ4n) is 4.46. The summed E-state index contributed by atoms with van der Waals surface area (Å²) in [4.78, 5) is 48.5. The quantitative estimate of drug-likeness (QED) is 0.220. The van der Waals surface area contributed by atoms with E-state index in [-0.39, 0.29) is 37.9 Å². The number of benzene rings is 3. The zero-order chi connectivity index (χ0) is 29.7. The Bertz CT molecular complexity index is 1410. The molecular weight excluding hydrogens is 530 g/mol. The summed E-state index contributed by atoms with van der Waals surface area (Å²) in [6, 6.07) is 26.0. The van der Waals surface area contributed by atoms with Crippen molar-refractivity contribution in [2.24, 2.45) is 0 Å². The van der Waals surface area contributed by atoms with Crippen molar-refractivity contribution in [1.29, 1.82) is 0 Å². The number of nitrogens with one attached hydrogen (secondary N) is 3. The number of alkyl carbamates (subject to hydrolysis) is 1. The molecule has 0 spiro atoms. The lowest BCUT2D eigenvalue weighted by molar-refractivity contribution is -0.138. The third-order valence-electron chi connectivity index (χ3n) is 6.89. The molecule has 0 aliphatic heterocycles. The van der Waals surface area contributed by atoms with E-state index in [1.807, 2.05) is 98.8 Å². The number of aromatic nitrogens is 2. The summed E-state index contributed by atoms with van der Waals surface area (Å²) in [7, 11) is 0. The largest absolute Gasteiger partial charge is 0.445 e. The summed E-state index contributed by atoms with van der Waals surface area (Å²) in [6.07, 6.45) is 2.57. The SMILES string of the molecule is Cc1ccc(CN(CC(=O)NCC(C)c2ccccc2)C(=O)C(Cc2c[nH]cn2)NC(=O)OCc2ccccc2)cc1. The van der Waals surface area contributed by atoms with E-state index in [1.165, 1.54) is 11.2 Å². The van der Waals surface area contributed by atoms with Crippen LogP contribution in [0.4, 0.5) is 4.79 Å². The molecule has 4 aromatic rings. The summed E-state index contributed by atoms with van der Waals surface area (Å²) in [5.74, 6) is -0.602. The van der Waals surface area contributed by atoms with Gasteiger partial charge in [-0.2, -0.15) is 0 Å². The lowest BCUT2D eigenvalue weighted by Gasteiger charge is -2.27. The molecule has 0 aliphatic rings. The zero-order valence-electron chi connectivity index (χ0n) is 24.0. The van der Waals surface area contributed by atoms with Crippen molar-refractivity contribution >= 4 is 17.9 Å². The summed E-state index contributed by atoms with van der Waals surface area (Å²) < 4.78 is 5.40. The van der Waals surface area contributed by atoms with Gasteiger partial charge in [0.15, 0.2) is 0 Å². The first-order chi connectivity index (χ1) is 20.4. The first kappa shape index (κ1) is 30.0. The summed E-state index contributed by atoms with van der Waals surface area (Å²) in [6.45, 7) is 4.53. The third-order valence-corrected chi connectivity index (χ3v) is 6.89. The first-order valence-corrected chi connectivity index (χ1v) is 14.0. The Morgan fingerprint density at radius 2 is 1.62 bits per heavy atom. The normalized spacial score (nSPS) is 12.1. The van der Waals surface area contributed by atoms with Gasteiger partial charge >= 0.3 is 6.09 Å². The topological polar surface area (TPSA) is 116 Å². The number of ether oxygens (including phenoxy) is 1. The summed E-state index contributed by atoms with van der Waals surface area (Å²) >= 11 is 0. The van der Waals surface area contributed by atoms with Crippen LogP contribution in [0.2, 0.25) is 0 Å². The Balaban J connectivity index is 1.48. The summed E-state index contributed by atoms with van der Waals surface area (Å²) in [5.41, 5.74) is 4.48. The number of nitrogens with zero attached hydrogens (tertiary/aromatic N) is 2. The lowest BCUT2D eigenvalue weighted by Crippen LogP contribution is -2.52. The molecule has 4 rings (SSSR count). The van der Waals surface area contributed by atoms with Crippen molar-refractivity contribution in [3.05, 3.63) is 125 Å². The van der Waals surface area contributed by atoms with Crippen LogP contribution in [0.1, 0.15) is 40.8 Å². The van der Waals surface area contributed by atoms with Crippen LogP contribution in [0.15, 0.2) is 97.5 Å². The summed E-state index contributed by atoms with van der Waals surface area (Å²) in [5, 5.41) is 5.67. The second-order valence-corrected chi connectivity index (χ2v) is 10.3. The van der Waals surface area contributed by atoms with Crippen molar-refractivity contribution < 1.29 is 19.1 Å². The van der Waals surface area contributed by atoms with Gasteiger partial charge in [0.2, 0.25) is 11.8 Å². The average molecular weight is 568 g/mol. The minimum Gasteiger partial charge on any atom is -0.445 e. The first-order valence-electron chi connectivity index (χ1n) is 14.0. The van der Waals surface area contributed by atoms with Gasteiger partial charge in [0.25, 0.3) is 0 Å². The molecule has 0 saturated heterocycles. The van der Waals surface area contributed by atoms with E-state index in [0.717, 1.165) is 22.3 Å². The maximum Gasteiger partial charge on any atom is 0.408 e. The highest BCUT2D eigenvalue weighted by Crippen LogP contribution is 2.14. The van der Waals surface area contributed by atoms with Gasteiger partial charge in [-0.3, -0.25) is 9.59 Å². The molecule has 0 bridgehead atoms. The van der Waals surface area contributed by atoms with Gasteiger partial charge in [-0.15, -0.1) is 0 Å². The van der Waals surface area contributed by atoms with E-state index in [2.05, 4.69) is 20.6 Å². The molecule has 3 amide bonds. The molecular formula is C33H37N5O4. The number of H-pyrrole nitrogens is 1. The minimum atomic E-state index is -1.00. The third kappa shape index (κ3) is 9.33. The van der Waals surface area contributed by atoms with Crippen molar-refractivity contribution in [2.45, 2.75) is 45.4 Å². The Morgan fingerprint density at radius 1 is 0.929 bits per heavy atom. The van der Waals surface area contributed by atoms with Crippen molar-refractivity contribution in [1.82, 2.24) is 25.5 Å². The molecule has 3 N–H and O–H groups in total. The molecule has 2 unspecified atom stereocenters. The number of hydrogen-bond acceptors (Lipinski definition) is 5. The van der Waals surface area contributed by atoms with E-state index < -0.39 is 18.0 Å². The van der Waals surface area contributed by atoms with Crippen LogP contribution in [-0.2, 0) is 33.9 Å². The number of aromatic amines is 1. The zero-order valence-corrected chi connectivity index (χ0v) is 24.0. The molecule has 218 valence electrons. The van der Waals surface area contributed by atoms with Gasteiger partial charge in [0.05, 0.1) is 18.6 Å². The number of aryl methyl sites for hydroxylation is 1. The molecule has 0 saturated carbocycles. The molecule has 42 heavy (non-hydrogen) atoms. The van der Waals surface area contributed by atoms with E-state index >= 15 is 0 Å². The highest BCUT2D eigenvalue weighted by Gasteiger charge is 2.29. The van der Waals surface area contributed by atoms with E-state index in [4.69, 9.17) is 4.74 Å². The maximum absolute atomic E-state index is 14.0. The van der Waals surface area contributed by atoms with Gasteiger partial charge in [-0.05, 0) is 29.5 Å². The van der Waals surface area contributed by atoms with Crippen LogP contribution < -0.4 is 10.6 Å². The highest BCUT2D eigenvalue weighted by molar-refractivity contribution is 5.89. The molecule has 2 atom stereocenters. The molecule has 0 aliphatic carbocycles.